The fraction of sp³-hybridized carbons (Fsp3) is 0.533. The fourth-order valence-electron chi connectivity index (χ4n) is 1.73. The number of carbonyl (C=O) groups is 1. The summed E-state index contributed by atoms with van der Waals surface area (Å²) in [5.74, 6) is 0.604. The van der Waals surface area contributed by atoms with Crippen LogP contribution in [0.15, 0.2) is 22.7 Å². The van der Waals surface area contributed by atoms with Crippen LogP contribution in [0.2, 0.25) is 0 Å². The Morgan fingerprint density at radius 3 is 2.80 bits per heavy atom. The van der Waals surface area contributed by atoms with Gasteiger partial charge in [0.1, 0.15) is 5.75 Å². The van der Waals surface area contributed by atoms with Gasteiger partial charge >= 0.3 is 0 Å². The zero-order chi connectivity index (χ0) is 15.0. The third-order valence-corrected chi connectivity index (χ3v) is 3.50. The normalized spacial score (nSPS) is 12.0. The Morgan fingerprint density at radius 2 is 2.20 bits per heavy atom. The van der Waals surface area contributed by atoms with Crippen LogP contribution in [0.1, 0.15) is 32.3 Å². The van der Waals surface area contributed by atoms with Gasteiger partial charge in [-0.3, -0.25) is 4.79 Å². The molecule has 1 atom stereocenters. The van der Waals surface area contributed by atoms with Gasteiger partial charge in [0.15, 0.2) is 6.10 Å². The molecule has 2 N–H and O–H groups in total. The lowest BCUT2D eigenvalue weighted by atomic mass is 10.2. The third kappa shape index (κ3) is 5.51. The highest BCUT2D eigenvalue weighted by Gasteiger charge is 2.15. The maximum atomic E-state index is 11.8. The van der Waals surface area contributed by atoms with Gasteiger partial charge in [0, 0.05) is 13.1 Å². The van der Waals surface area contributed by atoms with Crippen molar-refractivity contribution in [2.75, 3.05) is 13.6 Å². The number of ether oxygens (including phenoxy) is 1. The number of unbranched alkanes of at least 4 members (excludes halogenated alkanes) is 1. The lowest BCUT2D eigenvalue weighted by molar-refractivity contribution is -0.127. The second-order valence-electron chi connectivity index (χ2n) is 4.70. The van der Waals surface area contributed by atoms with Crippen LogP contribution in [0.4, 0.5) is 0 Å². The van der Waals surface area contributed by atoms with E-state index in [2.05, 4.69) is 33.5 Å². The molecule has 0 radical (unpaired) electrons. The number of carbonyl (C=O) groups excluding carboxylic acids is 1. The molecular weight excluding hydrogens is 320 g/mol. The minimum absolute atomic E-state index is 0.0790. The minimum Gasteiger partial charge on any atom is -0.480 e. The first-order valence-electron chi connectivity index (χ1n) is 6.95. The summed E-state index contributed by atoms with van der Waals surface area (Å²) in [6.07, 6.45) is 1.55. The highest BCUT2D eigenvalue weighted by molar-refractivity contribution is 9.10. The van der Waals surface area contributed by atoms with Crippen LogP contribution in [0.3, 0.4) is 0 Å². The molecule has 1 rings (SSSR count). The van der Waals surface area contributed by atoms with Gasteiger partial charge in [-0.05, 0) is 54.0 Å². The smallest absolute Gasteiger partial charge is 0.260 e. The van der Waals surface area contributed by atoms with Crippen molar-refractivity contribution >= 4 is 21.8 Å². The number of hydrogen-bond donors (Lipinski definition) is 2. The predicted molar refractivity (Wildman–Crippen MR) is 84.9 cm³/mol. The van der Waals surface area contributed by atoms with Crippen molar-refractivity contribution in [1.82, 2.24) is 10.6 Å². The van der Waals surface area contributed by atoms with Crippen LogP contribution in [0.5, 0.6) is 5.75 Å². The molecule has 0 fully saturated rings. The van der Waals surface area contributed by atoms with E-state index in [9.17, 15) is 4.79 Å². The van der Waals surface area contributed by atoms with E-state index in [1.165, 1.54) is 0 Å². The summed E-state index contributed by atoms with van der Waals surface area (Å²) in [5, 5.41) is 5.96. The van der Waals surface area contributed by atoms with E-state index in [-0.39, 0.29) is 5.91 Å². The Hall–Kier alpha value is -1.07. The van der Waals surface area contributed by atoms with E-state index < -0.39 is 6.10 Å². The van der Waals surface area contributed by atoms with Gasteiger partial charge < -0.3 is 15.4 Å². The number of nitrogens with one attached hydrogen (secondary N) is 2. The SMILES string of the molecule is CCCCNC(=O)C(C)Oc1ccc(CNC)cc1Br. The largest absolute Gasteiger partial charge is 0.480 e. The van der Waals surface area contributed by atoms with Crippen molar-refractivity contribution in [3.8, 4) is 5.75 Å². The summed E-state index contributed by atoms with van der Waals surface area (Å²) in [5.41, 5.74) is 1.16. The number of benzene rings is 1. The van der Waals surface area contributed by atoms with Crippen molar-refractivity contribution in [1.29, 1.82) is 0 Å². The monoisotopic (exact) mass is 342 g/mol. The fourth-order valence-corrected chi connectivity index (χ4v) is 2.25. The van der Waals surface area contributed by atoms with Gasteiger partial charge in [-0.2, -0.15) is 0 Å². The minimum atomic E-state index is -0.502. The molecule has 20 heavy (non-hydrogen) atoms. The van der Waals surface area contributed by atoms with E-state index in [1.54, 1.807) is 6.92 Å². The van der Waals surface area contributed by atoms with Gasteiger partial charge in [-0.1, -0.05) is 19.4 Å². The number of hydrogen-bond acceptors (Lipinski definition) is 3. The van der Waals surface area contributed by atoms with E-state index in [1.807, 2.05) is 25.2 Å². The van der Waals surface area contributed by atoms with Crippen LogP contribution in [0, 0.1) is 0 Å². The van der Waals surface area contributed by atoms with Crippen molar-refractivity contribution < 1.29 is 9.53 Å². The molecule has 0 bridgehead atoms. The Bertz CT molecular complexity index is 438. The molecule has 112 valence electrons. The second kappa shape index (κ2) is 8.97. The quantitative estimate of drug-likeness (QED) is 0.714. The third-order valence-electron chi connectivity index (χ3n) is 2.88. The van der Waals surface area contributed by atoms with Crippen LogP contribution in [-0.4, -0.2) is 25.6 Å². The molecule has 1 unspecified atom stereocenters. The molecule has 0 spiro atoms. The Morgan fingerprint density at radius 1 is 1.45 bits per heavy atom. The van der Waals surface area contributed by atoms with Crippen molar-refractivity contribution in [3.05, 3.63) is 28.2 Å². The molecule has 1 amide bonds. The summed E-state index contributed by atoms with van der Waals surface area (Å²) < 4.78 is 6.55. The number of halogens is 1. The molecule has 0 aliphatic carbocycles. The number of rotatable bonds is 8. The van der Waals surface area contributed by atoms with Crippen molar-refractivity contribution in [2.45, 2.75) is 39.3 Å². The van der Waals surface area contributed by atoms with E-state index in [4.69, 9.17) is 4.74 Å². The van der Waals surface area contributed by atoms with E-state index >= 15 is 0 Å². The average Bonchev–Trinajstić information content (AvgIpc) is 2.42. The topological polar surface area (TPSA) is 50.4 Å². The highest BCUT2D eigenvalue weighted by atomic mass is 79.9. The van der Waals surface area contributed by atoms with Gasteiger partial charge in [0.05, 0.1) is 4.47 Å². The lowest BCUT2D eigenvalue weighted by Crippen LogP contribution is -2.36. The summed E-state index contributed by atoms with van der Waals surface area (Å²) in [6, 6.07) is 5.86. The first-order chi connectivity index (χ1) is 9.58. The maximum absolute atomic E-state index is 11.8. The first kappa shape index (κ1) is 17.0. The molecule has 1 aromatic rings. The summed E-state index contributed by atoms with van der Waals surface area (Å²) in [6.45, 7) is 5.35. The van der Waals surface area contributed by atoms with Crippen molar-refractivity contribution in [2.24, 2.45) is 0 Å². The molecule has 4 nitrogen and oxygen atoms in total. The van der Waals surface area contributed by atoms with Crippen LogP contribution < -0.4 is 15.4 Å². The van der Waals surface area contributed by atoms with Crippen LogP contribution >= 0.6 is 15.9 Å². The van der Waals surface area contributed by atoms with E-state index in [0.29, 0.717) is 12.3 Å². The Kier molecular flexibility index (Phi) is 7.62. The molecule has 0 aliphatic rings. The standard InChI is InChI=1S/C15H23BrN2O2/c1-4-5-8-18-15(19)11(2)20-14-7-6-12(10-17-3)9-13(14)16/h6-7,9,11,17H,4-5,8,10H2,1-3H3,(H,18,19). The van der Waals surface area contributed by atoms with Gasteiger partial charge in [0.25, 0.3) is 5.91 Å². The Labute approximate surface area is 129 Å². The summed E-state index contributed by atoms with van der Waals surface area (Å²) >= 11 is 3.47. The molecule has 0 saturated carbocycles. The molecule has 0 aliphatic heterocycles. The van der Waals surface area contributed by atoms with Crippen molar-refractivity contribution in [3.63, 3.8) is 0 Å². The lowest BCUT2D eigenvalue weighted by Gasteiger charge is -2.16. The highest BCUT2D eigenvalue weighted by Crippen LogP contribution is 2.27. The molecule has 1 aromatic carbocycles. The molecule has 5 heteroatoms. The Balaban J connectivity index is 2.56. The zero-order valence-electron chi connectivity index (χ0n) is 12.3. The predicted octanol–water partition coefficient (Wildman–Crippen LogP) is 2.85. The van der Waals surface area contributed by atoms with Gasteiger partial charge in [-0.15, -0.1) is 0 Å². The summed E-state index contributed by atoms with van der Waals surface area (Å²) in [4.78, 5) is 11.8. The first-order valence-corrected chi connectivity index (χ1v) is 7.75. The second-order valence-corrected chi connectivity index (χ2v) is 5.55. The molecular formula is C15H23BrN2O2. The maximum Gasteiger partial charge on any atom is 0.260 e. The zero-order valence-corrected chi connectivity index (χ0v) is 13.9. The molecule has 0 aromatic heterocycles. The summed E-state index contributed by atoms with van der Waals surface area (Å²) in [7, 11) is 1.90. The van der Waals surface area contributed by atoms with Crippen LogP contribution in [0.25, 0.3) is 0 Å². The molecule has 0 heterocycles. The van der Waals surface area contributed by atoms with E-state index in [0.717, 1.165) is 29.4 Å². The molecule has 0 saturated heterocycles. The van der Waals surface area contributed by atoms with Gasteiger partial charge in [0.2, 0.25) is 0 Å². The van der Waals surface area contributed by atoms with Crippen LogP contribution in [-0.2, 0) is 11.3 Å². The average molecular weight is 343 g/mol. The number of amides is 1. The van der Waals surface area contributed by atoms with Gasteiger partial charge in [-0.25, -0.2) is 0 Å².